The molecule has 0 spiro atoms. The Labute approximate surface area is 73.6 Å². The van der Waals surface area contributed by atoms with Gasteiger partial charge in [0.05, 0.1) is 5.60 Å². The lowest BCUT2D eigenvalue weighted by atomic mass is 10.2. The van der Waals surface area contributed by atoms with Crippen LogP contribution in [0.1, 0.15) is 20.8 Å². The molecule has 0 amide bonds. The van der Waals surface area contributed by atoms with E-state index < -0.39 is 13.1 Å². The molecule has 1 unspecified atom stereocenters. The van der Waals surface area contributed by atoms with E-state index in [-0.39, 0.29) is 0 Å². The third-order valence-electron chi connectivity index (χ3n) is 1.05. The minimum Gasteiger partial charge on any atom is -0.301 e. The van der Waals surface area contributed by atoms with Crippen LogP contribution in [-0.2, 0) is 9.09 Å². The van der Waals surface area contributed by atoms with Crippen molar-refractivity contribution in [1.29, 1.82) is 5.26 Å². The maximum absolute atomic E-state index is 11.6. The lowest BCUT2D eigenvalue weighted by Gasteiger charge is -2.26. The topological polar surface area (TPSA) is 53.3 Å². The predicted octanol–water partition coefficient (Wildman–Crippen LogP) is 2.04. The molecule has 1 atom stereocenters. The summed E-state index contributed by atoms with van der Waals surface area (Å²) in [6.07, 6.45) is 0. The molecule has 4 nitrogen and oxygen atoms in total. The van der Waals surface area contributed by atoms with Gasteiger partial charge in [0.15, 0.2) is 5.81 Å². The molecule has 0 aliphatic heterocycles. The summed E-state index contributed by atoms with van der Waals surface area (Å²) >= 11 is 0. The van der Waals surface area contributed by atoms with Crippen molar-refractivity contribution in [3.63, 3.8) is 0 Å². The number of hydrogen-bond acceptors (Lipinski definition) is 3. The summed E-state index contributed by atoms with van der Waals surface area (Å²) in [5, 5.41) is 8.64. The quantitative estimate of drug-likeness (QED) is 0.625. The average molecular weight is 190 g/mol. The van der Waals surface area contributed by atoms with E-state index in [0.29, 0.717) is 0 Å². The first-order chi connectivity index (χ1) is 5.21. The van der Waals surface area contributed by atoms with Crippen LogP contribution in [0.4, 0.5) is 0 Å². The zero-order chi connectivity index (χ0) is 9.99. The Morgan fingerprint density at radius 2 is 1.83 bits per heavy atom. The molecule has 0 N–H and O–H groups in total. The van der Waals surface area contributed by atoms with Gasteiger partial charge in [0.1, 0.15) is 0 Å². The Balaban J connectivity index is 4.62. The summed E-state index contributed by atoms with van der Waals surface area (Å²) in [6.45, 7) is 5.29. The summed E-state index contributed by atoms with van der Waals surface area (Å²) in [6, 6.07) is 0. The highest BCUT2D eigenvalue weighted by Crippen LogP contribution is 2.50. The first-order valence-corrected chi connectivity index (χ1v) is 5.19. The lowest BCUT2D eigenvalue weighted by Crippen LogP contribution is -2.22. The van der Waals surface area contributed by atoms with E-state index in [4.69, 9.17) is 9.79 Å². The van der Waals surface area contributed by atoms with E-state index in [2.05, 4.69) is 0 Å². The summed E-state index contributed by atoms with van der Waals surface area (Å²) in [7, 11) is -0.124. The van der Waals surface area contributed by atoms with Crippen LogP contribution in [-0.4, -0.2) is 24.4 Å². The Hall–Kier alpha value is -0.360. The van der Waals surface area contributed by atoms with Crippen molar-refractivity contribution in [2.24, 2.45) is 0 Å². The van der Waals surface area contributed by atoms with Gasteiger partial charge in [-0.1, -0.05) is 0 Å². The standard InChI is InChI=1S/C7H15N2O2P/c1-7(2,3)11-12(10,6-8)9(4)5/h1-5H3. The average Bonchev–Trinajstić information content (AvgIpc) is 1.83. The van der Waals surface area contributed by atoms with E-state index in [1.165, 1.54) is 4.67 Å². The van der Waals surface area contributed by atoms with Crippen molar-refractivity contribution in [2.45, 2.75) is 26.4 Å². The number of nitrogens with zero attached hydrogens (tertiary/aromatic N) is 2. The largest absolute Gasteiger partial charge is 0.371 e. The van der Waals surface area contributed by atoms with Gasteiger partial charge in [0, 0.05) is 0 Å². The van der Waals surface area contributed by atoms with Gasteiger partial charge in [-0.25, -0.2) is 4.67 Å². The Morgan fingerprint density at radius 3 is 1.92 bits per heavy atom. The van der Waals surface area contributed by atoms with Crippen LogP contribution < -0.4 is 0 Å². The van der Waals surface area contributed by atoms with Gasteiger partial charge in [-0.05, 0) is 34.9 Å². The maximum Gasteiger partial charge on any atom is 0.371 e. The second-order valence-corrected chi connectivity index (χ2v) is 5.89. The molecule has 0 rings (SSSR count). The SMILES string of the molecule is CN(C)P(=O)(C#N)OC(C)(C)C. The van der Waals surface area contributed by atoms with Crippen molar-refractivity contribution in [3.05, 3.63) is 0 Å². The van der Waals surface area contributed by atoms with Gasteiger partial charge >= 0.3 is 7.52 Å². The van der Waals surface area contributed by atoms with E-state index in [0.717, 1.165) is 0 Å². The molecule has 0 heterocycles. The van der Waals surface area contributed by atoms with Crippen molar-refractivity contribution in [2.75, 3.05) is 14.1 Å². The minimum absolute atomic E-state index is 0.560. The van der Waals surface area contributed by atoms with E-state index in [1.807, 2.05) is 0 Å². The van der Waals surface area contributed by atoms with Crippen molar-refractivity contribution < 1.29 is 9.09 Å². The van der Waals surface area contributed by atoms with E-state index in [1.54, 1.807) is 40.7 Å². The molecule has 0 saturated heterocycles. The first-order valence-electron chi connectivity index (χ1n) is 3.61. The van der Waals surface area contributed by atoms with Crippen LogP contribution in [0, 0.1) is 11.1 Å². The van der Waals surface area contributed by atoms with E-state index in [9.17, 15) is 4.57 Å². The van der Waals surface area contributed by atoms with Gasteiger partial charge in [-0.15, -0.1) is 0 Å². The van der Waals surface area contributed by atoms with Crippen LogP contribution in [0.3, 0.4) is 0 Å². The molecule has 12 heavy (non-hydrogen) atoms. The zero-order valence-corrected chi connectivity index (χ0v) is 9.05. The highest BCUT2D eigenvalue weighted by atomic mass is 31.2. The van der Waals surface area contributed by atoms with Gasteiger partial charge in [0.2, 0.25) is 0 Å². The zero-order valence-electron chi connectivity index (χ0n) is 8.16. The van der Waals surface area contributed by atoms with Crippen molar-refractivity contribution in [3.8, 4) is 5.81 Å². The lowest BCUT2D eigenvalue weighted by molar-refractivity contribution is 0.125. The fourth-order valence-electron chi connectivity index (χ4n) is 0.563. The molecule has 0 aromatic rings. The molecule has 0 fully saturated rings. The maximum atomic E-state index is 11.6. The third kappa shape index (κ3) is 3.36. The molecule has 5 heteroatoms. The molecule has 0 saturated carbocycles. The second-order valence-electron chi connectivity index (χ2n) is 3.67. The molecule has 0 radical (unpaired) electrons. The molecule has 0 aromatic heterocycles. The molecular formula is C7H15N2O2P. The molecule has 0 aliphatic rings. The van der Waals surface area contributed by atoms with Crippen molar-refractivity contribution in [1.82, 2.24) is 4.67 Å². The first kappa shape index (κ1) is 11.6. The fourth-order valence-corrected chi connectivity index (χ4v) is 1.69. The van der Waals surface area contributed by atoms with Gasteiger partial charge in [-0.2, -0.15) is 5.26 Å². The van der Waals surface area contributed by atoms with Gasteiger partial charge in [-0.3, -0.25) is 4.57 Å². The minimum atomic E-state index is -3.25. The highest BCUT2D eigenvalue weighted by Gasteiger charge is 2.31. The molecule has 0 aliphatic carbocycles. The van der Waals surface area contributed by atoms with E-state index >= 15 is 0 Å². The molecular weight excluding hydrogens is 175 g/mol. The van der Waals surface area contributed by atoms with Crippen molar-refractivity contribution >= 4 is 7.52 Å². The Kier molecular flexibility index (Phi) is 3.46. The predicted molar refractivity (Wildman–Crippen MR) is 47.7 cm³/mol. The third-order valence-corrected chi connectivity index (χ3v) is 3.15. The van der Waals surface area contributed by atoms with Crippen LogP contribution in [0.15, 0.2) is 0 Å². The summed E-state index contributed by atoms with van der Waals surface area (Å²) in [5.74, 6) is 1.69. The Bertz CT molecular complexity index is 237. The van der Waals surface area contributed by atoms with Gasteiger partial charge < -0.3 is 4.52 Å². The fraction of sp³-hybridized carbons (Fsp3) is 0.857. The number of rotatable bonds is 2. The highest BCUT2D eigenvalue weighted by molar-refractivity contribution is 7.61. The Morgan fingerprint density at radius 1 is 1.42 bits per heavy atom. The van der Waals surface area contributed by atoms with Gasteiger partial charge in [0.25, 0.3) is 0 Å². The monoisotopic (exact) mass is 190 g/mol. The number of nitriles is 1. The smallest absolute Gasteiger partial charge is 0.301 e. The summed E-state index contributed by atoms with van der Waals surface area (Å²) < 4.78 is 18.1. The molecule has 0 aromatic carbocycles. The molecule has 70 valence electrons. The van der Waals surface area contributed by atoms with Crippen LogP contribution in [0.25, 0.3) is 0 Å². The van der Waals surface area contributed by atoms with Crippen LogP contribution in [0.2, 0.25) is 0 Å². The normalized spacial score (nSPS) is 17.1. The summed E-state index contributed by atoms with van der Waals surface area (Å²) in [4.78, 5) is 0. The molecule has 0 bridgehead atoms. The van der Waals surface area contributed by atoms with Crippen LogP contribution in [0.5, 0.6) is 0 Å². The number of hydrogen-bond donors (Lipinski definition) is 0. The summed E-state index contributed by atoms with van der Waals surface area (Å²) in [5.41, 5.74) is -0.560. The second kappa shape index (κ2) is 3.57. The van der Waals surface area contributed by atoms with Crippen LogP contribution >= 0.6 is 7.52 Å².